The zero-order valence-electron chi connectivity index (χ0n) is 20.4. The van der Waals surface area contributed by atoms with E-state index in [1.807, 2.05) is 36.4 Å². The highest BCUT2D eigenvalue weighted by Crippen LogP contribution is 2.48. The van der Waals surface area contributed by atoms with Crippen LogP contribution in [0.15, 0.2) is 66.7 Å². The Morgan fingerprint density at radius 1 is 1.00 bits per heavy atom. The fourth-order valence-electron chi connectivity index (χ4n) is 6.55. The molecule has 1 aliphatic carbocycles. The molecule has 2 fully saturated rings. The van der Waals surface area contributed by atoms with Gasteiger partial charge in [-0.1, -0.05) is 48.5 Å². The second-order valence-corrected chi connectivity index (χ2v) is 10.4. The molecule has 0 saturated carbocycles. The van der Waals surface area contributed by atoms with Gasteiger partial charge in [-0.3, -0.25) is 0 Å². The Kier molecular flexibility index (Phi) is 5.73. The number of aliphatic hydroxyl groups is 1. The zero-order valence-corrected chi connectivity index (χ0v) is 20.4. The summed E-state index contributed by atoms with van der Waals surface area (Å²) in [6.45, 7) is 0.173. The highest BCUT2D eigenvalue weighted by Gasteiger charge is 2.51. The lowest BCUT2D eigenvalue weighted by Crippen LogP contribution is -2.52. The van der Waals surface area contributed by atoms with Gasteiger partial charge in [0.25, 0.3) is 0 Å². The summed E-state index contributed by atoms with van der Waals surface area (Å²) in [7, 11) is 0. The van der Waals surface area contributed by atoms with E-state index < -0.39 is 23.4 Å². The SMILES string of the molecule is N#Cc1cc(C(F)(F)F)cc(C2(O)CC3CCC(C2)N3C(=O)OCC2c3ccccc3-c3ccccc32)c1. The third kappa shape index (κ3) is 4.02. The Bertz CT molecular complexity index is 1400. The fraction of sp³-hybridized carbons (Fsp3) is 0.333. The number of ether oxygens (including phenoxy) is 1. The van der Waals surface area contributed by atoms with E-state index in [0.29, 0.717) is 12.8 Å². The van der Waals surface area contributed by atoms with E-state index in [9.17, 15) is 28.3 Å². The van der Waals surface area contributed by atoms with E-state index >= 15 is 0 Å². The molecule has 3 aromatic carbocycles. The minimum absolute atomic E-state index is 0.0629. The van der Waals surface area contributed by atoms with Crippen molar-refractivity contribution in [3.8, 4) is 17.2 Å². The van der Waals surface area contributed by atoms with Crippen molar-refractivity contribution in [1.29, 1.82) is 5.26 Å². The molecule has 3 aliphatic rings. The van der Waals surface area contributed by atoms with E-state index in [0.717, 1.165) is 34.4 Å². The number of alkyl halides is 3. The number of fused-ring (bicyclic) bond motifs is 5. The van der Waals surface area contributed by atoms with Crippen LogP contribution < -0.4 is 0 Å². The van der Waals surface area contributed by atoms with E-state index in [2.05, 4.69) is 12.1 Å². The van der Waals surface area contributed by atoms with Crippen molar-refractivity contribution >= 4 is 6.09 Å². The Morgan fingerprint density at radius 3 is 2.13 bits per heavy atom. The molecule has 0 radical (unpaired) electrons. The first-order valence-electron chi connectivity index (χ1n) is 12.7. The van der Waals surface area contributed by atoms with Crippen molar-refractivity contribution in [3.63, 3.8) is 0 Å². The van der Waals surface area contributed by atoms with Crippen LogP contribution in [-0.2, 0) is 16.5 Å². The van der Waals surface area contributed by atoms with E-state index in [1.165, 1.54) is 6.07 Å². The minimum Gasteiger partial charge on any atom is -0.448 e. The molecular formula is C30H25F3N2O3. The van der Waals surface area contributed by atoms with Gasteiger partial charge in [0, 0.05) is 30.8 Å². The molecule has 8 heteroatoms. The van der Waals surface area contributed by atoms with Crippen LogP contribution in [-0.4, -0.2) is 34.8 Å². The molecule has 194 valence electrons. The Labute approximate surface area is 218 Å². The maximum absolute atomic E-state index is 13.4. The molecule has 2 saturated heterocycles. The van der Waals surface area contributed by atoms with Gasteiger partial charge in [-0.25, -0.2) is 4.79 Å². The number of hydrogen-bond acceptors (Lipinski definition) is 4. The smallest absolute Gasteiger partial charge is 0.416 e. The van der Waals surface area contributed by atoms with Crippen molar-refractivity contribution < 1.29 is 27.8 Å². The second kappa shape index (κ2) is 8.88. The van der Waals surface area contributed by atoms with Crippen LogP contribution in [0.25, 0.3) is 11.1 Å². The summed E-state index contributed by atoms with van der Waals surface area (Å²) in [6, 6.07) is 20.2. The number of carbonyl (C=O) groups excluding carboxylic acids is 1. The summed E-state index contributed by atoms with van der Waals surface area (Å²) >= 11 is 0. The Balaban J connectivity index is 1.20. The third-order valence-corrected chi connectivity index (χ3v) is 8.24. The van der Waals surface area contributed by atoms with E-state index in [-0.39, 0.29) is 48.6 Å². The van der Waals surface area contributed by atoms with Gasteiger partial charge in [0.2, 0.25) is 0 Å². The molecule has 1 N–H and O–H groups in total. The van der Waals surface area contributed by atoms with Gasteiger partial charge in [-0.2, -0.15) is 18.4 Å². The van der Waals surface area contributed by atoms with Gasteiger partial charge in [0.1, 0.15) is 6.61 Å². The Hall–Kier alpha value is -3.83. The van der Waals surface area contributed by atoms with Gasteiger partial charge in [0.05, 0.1) is 22.8 Å². The summed E-state index contributed by atoms with van der Waals surface area (Å²) in [4.78, 5) is 15.0. The number of nitriles is 1. The Morgan fingerprint density at radius 2 is 1.58 bits per heavy atom. The molecule has 2 atom stereocenters. The van der Waals surface area contributed by atoms with E-state index in [1.54, 1.807) is 11.0 Å². The van der Waals surface area contributed by atoms with Gasteiger partial charge >= 0.3 is 12.3 Å². The van der Waals surface area contributed by atoms with Crippen molar-refractivity contribution in [2.45, 2.75) is 55.5 Å². The highest BCUT2D eigenvalue weighted by atomic mass is 19.4. The molecule has 2 heterocycles. The second-order valence-electron chi connectivity index (χ2n) is 10.4. The predicted molar refractivity (Wildman–Crippen MR) is 133 cm³/mol. The third-order valence-electron chi connectivity index (χ3n) is 8.24. The number of halogens is 3. The standard InChI is InChI=1S/C30H25F3N2O3/c31-30(32,33)20-12-18(16-34)11-19(13-20)29(37)14-21-9-10-22(15-29)35(21)28(36)38-17-27-25-7-3-1-5-23(25)24-6-2-4-8-26(24)27/h1-8,11-13,21-22,27,37H,9-10,14-15,17H2. The number of nitrogens with zero attached hydrogens (tertiary/aromatic N) is 2. The number of piperidine rings is 1. The van der Waals surface area contributed by atoms with Gasteiger partial charge in [0.15, 0.2) is 0 Å². The molecule has 2 unspecified atom stereocenters. The molecule has 2 aliphatic heterocycles. The number of rotatable bonds is 3. The minimum atomic E-state index is -4.64. The topological polar surface area (TPSA) is 73.6 Å². The summed E-state index contributed by atoms with van der Waals surface area (Å²) < 4.78 is 46.2. The average molecular weight is 519 g/mol. The van der Waals surface area contributed by atoms with Gasteiger partial charge in [-0.15, -0.1) is 0 Å². The summed E-state index contributed by atoms with van der Waals surface area (Å²) in [5, 5.41) is 20.8. The molecule has 2 bridgehead atoms. The van der Waals surface area contributed by atoms with Crippen LogP contribution in [0.3, 0.4) is 0 Å². The molecule has 1 amide bonds. The van der Waals surface area contributed by atoms with E-state index in [4.69, 9.17) is 4.74 Å². The van der Waals surface area contributed by atoms with Gasteiger partial charge in [-0.05, 0) is 58.9 Å². The monoisotopic (exact) mass is 518 g/mol. The first kappa shape index (κ1) is 24.5. The maximum atomic E-state index is 13.4. The summed E-state index contributed by atoms with van der Waals surface area (Å²) in [5.74, 6) is -0.0831. The predicted octanol–water partition coefficient (Wildman–Crippen LogP) is 6.34. The zero-order chi connectivity index (χ0) is 26.7. The summed E-state index contributed by atoms with van der Waals surface area (Å²) in [5.41, 5.74) is 1.84. The van der Waals surface area contributed by atoms with Crippen LogP contribution in [0.1, 0.15) is 59.4 Å². The van der Waals surface area contributed by atoms with Crippen LogP contribution in [0, 0.1) is 11.3 Å². The normalized spacial score (nSPS) is 24.0. The van der Waals surface area contributed by atoms with Crippen LogP contribution >= 0.6 is 0 Å². The van der Waals surface area contributed by atoms with Crippen molar-refractivity contribution in [1.82, 2.24) is 4.90 Å². The quantitative estimate of drug-likeness (QED) is 0.439. The molecule has 5 nitrogen and oxygen atoms in total. The number of hydrogen-bond donors (Lipinski definition) is 1. The lowest BCUT2D eigenvalue weighted by molar-refractivity contribution is -0.137. The average Bonchev–Trinajstić information content (AvgIpc) is 3.38. The lowest BCUT2D eigenvalue weighted by Gasteiger charge is -2.43. The van der Waals surface area contributed by atoms with Crippen molar-refractivity contribution in [2.75, 3.05) is 6.61 Å². The van der Waals surface area contributed by atoms with Crippen LogP contribution in [0.5, 0.6) is 0 Å². The molecular weight excluding hydrogens is 493 g/mol. The van der Waals surface area contributed by atoms with Crippen molar-refractivity contribution in [2.24, 2.45) is 0 Å². The molecule has 3 aromatic rings. The van der Waals surface area contributed by atoms with Gasteiger partial charge < -0.3 is 14.7 Å². The number of benzene rings is 3. The lowest BCUT2D eigenvalue weighted by atomic mass is 9.79. The maximum Gasteiger partial charge on any atom is 0.416 e. The molecule has 0 aromatic heterocycles. The number of amides is 1. The largest absolute Gasteiger partial charge is 0.448 e. The molecule has 0 spiro atoms. The van der Waals surface area contributed by atoms with Crippen LogP contribution in [0.2, 0.25) is 0 Å². The van der Waals surface area contributed by atoms with Crippen LogP contribution in [0.4, 0.5) is 18.0 Å². The number of carbonyl (C=O) groups is 1. The fourth-order valence-corrected chi connectivity index (χ4v) is 6.55. The highest BCUT2D eigenvalue weighted by molar-refractivity contribution is 5.79. The first-order valence-corrected chi connectivity index (χ1v) is 12.7. The molecule has 38 heavy (non-hydrogen) atoms. The summed E-state index contributed by atoms with van der Waals surface area (Å²) in [6.07, 6.45) is -3.69. The molecule has 6 rings (SSSR count). The first-order chi connectivity index (χ1) is 18.2. The van der Waals surface area contributed by atoms with Crippen molar-refractivity contribution in [3.05, 3.63) is 94.5 Å².